The molecular formula is C24H35NO5Si. The van der Waals surface area contributed by atoms with Gasteiger partial charge in [0.05, 0.1) is 32.3 Å². The number of aliphatic hydroxyl groups is 2. The Hall–Kier alpha value is -2.03. The van der Waals surface area contributed by atoms with Crippen LogP contribution in [0.1, 0.15) is 33.6 Å². The maximum Gasteiger partial charge on any atom is 0.261 e. The summed E-state index contributed by atoms with van der Waals surface area (Å²) < 4.78 is 6.98. The summed E-state index contributed by atoms with van der Waals surface area (Å²) >= 11 is 0. The van der Waals surface area contributed by atoms with Crippen molar-refractivity contribution in [2.75, 3.05) is 20.8 Å². The predicted molar refractivity (Wildman–Crippen MR) is 125 cm³/mol. The molecule has 6 nitrogen and oxygen atoms in total. The number of rotatable bonds is 10. The quantitative estimate of drug-likeness (QED) is 0.432. The number of carbonyl (C=O) groups excluding carboxylic acids is 1. The van der Waals surface area contributed by atoms with Gasteiger partial charge in [-0.25, -0.2) is 5.06 Å². The average molecular weight is 446 g/mol. The number of nitrogens with zero attached hydrogens (tertiary/aromatic N) is 1. The van der Waals surface area contributed by atoms with Gasteiger partial charge < -0.3 is 14.6 Å². The van der Waals surface area contributed by atoms with Gasteiger partial charge >= 0.3 is 0 Å². The zero-order valence-electron chi connectivity index (χ0n) is 19.1. The molecule has 0 aliphatic heterocycles. The number of amides is 1. The highest BCUT2D eigenvalue weighted by Gasteiger charge is 2.51. The van der Waals surface area contributed by atoms with Crippen LogP contribution in [0, 0.1) is 0 Å². The van der Waals surface area contributed by atoms with Gasteiger partial charge in [-0.1, -0.05) is 81.4 Å². The first-order valence-electron chi connectivity index (χ1n) is 10.5. The molecule has 0 radical (unpaired) electrons. The van der Waals surface area contributed by atoms with Gasteiger partial charge in [0, 0.05) is 13.5 Å². The standard InChI is InChI=1S/C24H35NO5Si/c1-24(2,3)31(21-12-8-6-9-13-21,22-14-10-7-11-15-22)30-20(16-19(27)18-26)17-23(28)25(4)29-5/h6-15,19-20,26-27H,16-18H2,1-5H3/t19-,20-/m0/s1. The lowest BCUT2D eigenvalue weighted by atomic mass is 10.1. The van der Waals surface area contributed by atoms with Crippen LogP contribution in [-0.2, 0) is 14.1 Å². The Kier molecular flexibility index (Phi) is 8.97. The highest BCUT2D eigenvalue weighted by atomic mass is 28.4. The largest absolute Gasteiger partial charge is 0.404 e. The van der Waals surface area contributed by atoms with Crippen molar-refractivity contribution in [2.24, 2.45) is 0 Å². The Morgan fingerprint density at radius 3 is 1.90 bits per heavy atom. The molecule has 2 atom stereocenters. The minimum atomic E-state index is -2.91. The molecular weight excluding hydrogens is 410 g/mol. The number of benzene rings is 2. The molecule has 0 saturated carbocycles. The first-order chi connectivity index (χ1) is 14.7. The van der Waals surface area contributed by atoms with Gasteiger partial charge in [0.25, 0.3) is 8.32 Å². The van der Waals surface area contributed by atoms with E-state index in [0.29, 0.717) is 0 Å². The van der Waals surface area contributed by atoms with Crippen molar-refractivity contribution in [1.82, 2.24) is 5.06 Å². The molecule has 1 amide bonds. The fourth-order valence-electron chi connectivity index (χ4n) is 3.92. The molecule has 0 spiro atoms. The van der Waals surface area contributed by atoms with Gasteiger partial charge in [-0.3, -0.25) is 9.63 Å². The molecule has 0 fully saturated rings. The smallest absolute Gasteiger partial charge is 0.261 e. The molecule has 0 heterocycles. The maximum atomic E-state index is 12.7. The number of hydroxylamine groups is 2. The third kappa shape index (κ3) is 6.02. The van der Waals surface area contributed by atoms with E-state index in [1.165, 1.54) is 7.11 Å². The third-order valence-corrected chi connectivity index (χ3v) is 10.6. The zero-order valence-corrected chi connectivity index (χ0v) is 20.1. The Balaban J connectivity index is 2.61. The van der Waals surface area contributed by atoms with E-state index in [1.807, 2.05) is 36.4 Å². The van der Waals surface area contributed by atoms with Crippen molar-refractivity contribution in [3.8, 4) is 0 Å². The van der Waals surface area contributed by atoms with Crippen LogP contribution in [0.5, 0.6) is 0 Å². The van der Waals surface area contributed by atoms with Crippen LogP contribution in [0.4, 0.5) is 0 Å². The lowest BCUT2D eigenvalue weighted by Crippen LogP contribution is -2.68. The zero-order chi connectivity index (χ0) is 23.1. The monoisotopic (exact) mass is 445 g/mol. The van der Waals surface area contributed by atoms with Crippen LogP contribution in [0.2, 0.25) is 5.04 Å². The molecule has 170 valence electrons. The Morgan fingerprint density at radius 1 is 1.03 bits per heavy atom. The van der Waals surface area contributed by atoms with E-state index < -0.39 is 27.1 Å². The molecule has 2 aromatic rings. The minimum absolute atomic E-state index is 0.0336. The summed E-state index contributed by atoms with van der Waals surface area (Å²) in [7, 11) is 0.0673. The number of hydrogen-bond donors (Lipinski definition) is 2. The van der Waals surface area contributed by atoms with Crippen LogP contribution in [0.3, 0.4) is 0 Å². The van der Waals surface area contributed by atoms with E-state index in [4.69, 9.17) is 9.26 Å². The summed E-state index contributed by atoms with van der Waals surface area (Å²) in [4.78, 5) is 17.7. The van der Waals surface area contributed by atoms with Crippen molar-refractivity contribution < 1.29 is 24.3 Å². The van der Waals surface area contributed by atoms with Crippen LogP contribution in [0.15, 0.2) is 60.7 Å². The Labute approximate surface area is 186 Å². The van der Waals surface area contributed by atoms with Gasteiger partial charge in [0.1, 0.15) is 0 Å². The average Bonchev–Trinajstić information content (AvgIpc) is 2.76. The number of carbonyl (C=O) groups is 1. The van der Waals surface area contributed by atoms with Crippen LogP contribution >= 0.6 is 0 Å². The van der Waals surface area contributed by atoms with Crippen molar-refractivity contribution in [3.05, 3.63) is 60.7 Å². The van der Waals surface area contributed by atoms with E-state index in [1.54, 1.807) is 7.05 Å². The maximum absolute atomic E-state index is 12.7. The first kappa shape index (κ1) is 25.2. The second-order valence-corrected chi connectivity index (χ2v) is 13.0. The molecule has 31 heavy (non-hydrogen) atoms. The van der Waals surface area contributed by atoms with Crippen molar-refractivity contribution in [2.45, 2.75) is 50.9 Å². The summed E-state index contributed by atoms with van der Waals surface area (Å²) in [5.41, 5.74) is 0. The second kappa shape index (κ2) is 11.0. The summed E-state index contributed by atoms with van der Waals surface area (Å²) in [5, 5.41) is 22.7. The Morgan fingerprint density at radius 2 is 1.52 bits per heavy atom. The molecule has 0 bridgehead atoms. The molecule has 2 rings (SSSR count). The molecule has 2 N–H and O–H groups in total. The van der Waals surface area contributed by atoms with E-state index in [0.717, 1.165) is 15.4 Å². The van der Waals surface area contributed by atoms with E-state index >= 15 is 0 Å². The SMILES string of the molecule is CON(C)C(=O)C[C@H](C[C@H](O)CO)O[Si](c1ccccc1)(c1ccccc1)C(C)(C)C. The molecule has 0 aliphatic carbocycles. The highest BCUT2D eigenvalue weighted by molar-refractivity contribution is 6.99. The topological polar surface area (TPSA) is 79.2 Å². The second-order valence-electron chi connectivity index (χ2n) is 8.75. The van der Waals surface area contributed by atoms with E-state index in [2.05, 4.69) is 45.0 Å². The molecule has 0 aromatic heterocycles. The van der Waals surface area contributed by atoms with Crippen LogP contribution in [-0.4, -0.2) is 62.5 Å². The fraction of sp³-hybridized carbons (Fsp3) is 0.458. The van der Waals surface area contributed by atoms with E-state index in [9.17, 15) is 15.0 Å². The highest BCUT2D eigenvalue weighted by Crippen LogP contribution is 2.38. The first-order valence-corrected chi connectivity index (χ1v) is 12.4. The summed E-state index contributed by atoms with van der Waals surface area (Å²) in [5.74, 6) is -0.254. The van der Waals surface area contributed by atoms with Crippen molar-refractivity contribution >= 4 is 24.6 Å². The van der Waals surface area contributed by atoms with Gasteiger partial charge in [-0.05, 0) is 15.4 Å². The summed E-state index contributed by atoms with van der Waals surface area (Å²) in [6, 6.07) is 20.2. The molecule has 2 aromatic carbocycles. The van der Waals surface area contributed by atoms with Crippen molar-refractivity contribution in [1.29, 1.82) is 0 Å². The Bertz CT molecular complexity index is 770. The number of hydrogen-bond acceptors (Lipinski definition) is 5. The third-order valence-electron chi connectivity index (χ3n) is 5.53. The van der Waals surface area contributed by atoms with Crippen LogP contribution < -0.4 is 10.4 Å². The minimum Gasteiger partial charge on any atom is -0.404 e. The molecule has 0 unspecified atom stereocenters. The lowest BCUT2D eigenvalue weighted by Gasteiger charge is -2.45. The molecule has 0 saturated heterocycles. The van der Waals surface area contributed by atoms with Gasteiger partial charge in [0.2, 0.25) is 5.91 Å². The normalized spacial score (nSPS) is 14.2. The summed E-state index contributed by atoms with van der Waals surface area (Å²) in [6.45, 7) is 6.07. The molecule has 0 aliphatic rings. The van der Waals surface area contributed by atoms with Gasteiger partial charge in [-0.2, -0.15) is 0 Å². The lowest BCUT2D eigenvalue weighted by molar-refractivity contribution is -0.170. The number of aliphatic hydroxyl groups excluding tert-OH is 2. The summed E-state index contributed by atoms with van der Waals surface area (Å²) in [6.07, 6.45) is -1.40. The fourth-order valence-corrected chi connectivity index (χ4v) is 8.61. The van der Waals surface area contributed by atoms with Gasteiger partial charge in [0.15, 0.2) is 0 Å². The predicted octanol–water partition coefficient (Wildman–Crippen LogP) is 2.08. The van der Waals surface area contributed by atoms with Gasteiger partial charge in [-0.15, -0.1) is 0 Å². The molecule has 7 heteroatoms. The van der Waals surface area contributed by atoms with E-state index in [-0.39, 0.29) is 23.8 Å². The van der Waals surface area contributed by atoms with Crippen LogP contribution in [0.25, 0.3) is 0 Å². The van der Waals surface area contributed by atoms with Crippen molar-refractivity contribution in [3.63, 3.8) is 0 Å².